The van der Waals surface area contributed by atoms with Crippen molar-refractivity contribution in [3.63, 3.8) is 0 Å². The van der Waals surface area contributed by atoms with Crippen molar-refractivity contribution in [1.82, 2.24) is 14.8 Å². The molecule has 2 aromatic carbocycles. The molecule has 3 aromatic rings. The summed E-state index contributed by atoms with van der Waals surface area (Å²) in [6.07, 6.45) is 0.604. The number of anilines is 2. The third-order valence-electron chi connectivity index (χ3n) is 4.71. The van der Waals surface area contributed by atoms with Crippen LogP contribution in [0.15, 0.2) is 47.6 Å². The van der Waals surface area contributed by atoms with Gasteiger partial charge in [-0.1, -0.05) is 30.0 Å². The summed E-state index contributed by atoms with van der Waals surface area (Å²) < 4.78 is 14.7. The average Bonchev–Trinajstić information content (AvgIpc) is 3.09. The molecule has 2 N–H and O–H groups in total. The molecular formula is C22H24FN5O2S. The largest absolute Gasteiger partial charge is 0.326 e. The minimum Gasteiger partial charge on any atom is -0.326 e. The summed E-state index contributed by atoms with van der Waals surface area (Å²) in [5, 5.41) is 14.5. The van der Waals surface area contributed by atoms with Crippen LogP contribution in [0.5, 0.6) is 0 Å². The number of hydrogen-bond donors (Lipinski definition) is 2. The van der Waals surface area contributed by atoms with Crippen LogP contribution in [0, 0.1) is 19.7 Å². The number of carbonyl (C=O) groups excluding carboxylic acids is 2. The van der Waals surface area contributed by atoms with Crippen molar-refractivity contribution in [3.05, 3.63) is 65.2 Å². The van der Waals surface area contributed by atoms with E-state index in [4.69, 9.17) is 0 Å². The maximum Gasteiger partial charge on any atom is 0.234 e. The molecule has 0 saturated carbocycles. The minimum atomic E-state index is -0.357. The Morgan fingerprint density at radius 3 is 2.35 bits per heavy atom. The van der Waals surface area contributed by atoms with Gasteiger partial charge in [0.25, 0.3) is 0 Å². The number of nitrogens with one attached hydrogen (secondary N) is 2. The molecule has 1 aromatic heterocycles. The smallest absolute Gasteiger partial charge is 0.234 e. The van der Waals surface area contributed by atoms with E-state index in [0.717, 1.165) is 16.8 Å². The Kier molecular flexibility index (Phi) is 7.41. The van der Waals surface area contributed by atoms with E-state index in [1.54, 1.807) is 11.6 Å². The molecule has 0 aliphatic carbocycles. The molecule has 0 radical (unpaired) electrons. The number of carbonyl (C=O) groups is 2. The van der Waals surface area contributed by atoms with Gasteiger partial charge in [-0.2, -0.15) is 0 Å². The Labute approximate surface area is 184 Å². The van der Waals surface area contributed by atoms with Crippen molar-refractivity contribution < 1.29 is 14.0 Å². The first-order valence-electron chi connectivity index (χ1n) is 9.76. The van der Waals surface area contributed by atoms with Crippen LogP contribution in [0.3, 0.4) is 0 Å². The van der Waals surface area contributed by atoms with Gasteiger partial charge < -0.3 is 15.2 Å². The Bertz CT molecular complexity index is 1060. The highest BCUT2D eigenvalue weighted by Crippen LogP contribution is 2.21. The zero-order valence-corrected chi connectivity index (χ0v) is 18.4. The van der Waals surface area contributed by atoms with Crippen molar-refractivity contribution in [1.29, 1.82) is 0 Å². The highest BCUT2D eigenvalue weighted by Gasteiger charge is 2.14. The number of rotatable bonds is 8. The highest BCUT2D eigenvalue weighted by molar-refractivity contribution is 7.99. The van der Waals surface area contributed by atoms with Gasteiger partial charge in [0.15, 0.2) is 5.16 Å². The van der Waals surface area contributed by atoms with Gasteiger partial charge in [0.05, 0.1) is 5.75 Å². The highest BCUT2D eigenvalue weighted by atomic mass is 32.2. The molecule has 9 heteroatoms. The van der Waals surface area contributed by atoms with Crippen LogP contribution in [0.25, 0.3) is 0 Å². The van der Waals surface area contributed by atoms with Crippen LogP contribution in [-0.4, -0.2) is 32.3 Å². The first-order valence-corrected chi connectivity index (χ1v) is 10.7. The number of hydrogen-bond acceptors (Lipinski definition) is 5. The number of aryl methyl sites for hydroxylation is 3. The number of aromatic nitrogens is 3. The van der Waals surface area contributed by atoms with Crippen LogP contribution < -0.4 is 10.6 Å². The molecule has 2 amide bonds. The lowest BCUT2D eigenvalue weighted by Gasteiger charge is -2.11. The van der Waals surface area contributed by atoms with Crippen LogP contribution in [-0.2, 0) is 23.1 Å². The SMILES string of the molecule is Cc1cccc(C)c1NC(=O)CSc1nnc(CCC(=O)Nc2ccc(F)cc2)n1C. The molecule has 0 spiro atoms. The van der Waals surface area contributed by atoms with Gasteiger partial charge in [-0.05, 0) is 49.2 Å². The predicted molar refractivity (Wildman–Crippen MR) is 120 cm³/mol. The van der Waals surface area contributed by atoms with Gasteiger partial charge in [-0.25, -0.2) is 4.39 Å². The molecule has 31 heavy (non-hydrogen) atoms. The van der Waals surface area contributed by atoms with E-state index in [2.05, 4.69) is 20.8 Å². The Morgan fingerprint density at radius 1 is 1.00 bits per heavy atom. The van der Waals surface area contributed by atoms with E-state index in [1.165, 1.54) is 36.0 Å². The monoisotopic (exact) mass is 441 g/mol. The Morgan fingerprint density at radius 2 is 1.68 bits per heavy atom. The van der Waals surface area contributed by atoms with Crippen LogP contribution >= 0.6 is 11.8 Å². The molecule has 1 heterocycles. The lowest BCUT2D eigenvalue weighted by Crippen LogP contribution is -2.16. The summed E-state index contributed by atoms with van der Waals surface area (Å²) in [6, 6.07) is 11.5. The van der Waals surface area contributed by atoms with E-state index < -0.39 is 0 Å². The molecule has 7 nitrogen and oxygen atoms in total. The second-order valence-electron chi connectivity index (χ2n) is 7.12. The van der Waals surface area contributed by atoms with Crippen molar-refractivity contribution in [2.45, 2.75) is 31.8 Å². The number of nitrogens with zero attached hydrogens (tertiary/aromatic N) is 3. The summed E-state index contributed by atoms with van der Waals surface area (Å²) in [5.74, 6) is 0.171. The standard InChI is InChI=1S/C22H24FN5O2S/c1-14-5-4-6-15(2)21(14)25-20(30)13-31-22-27-26-18(28(22)3)11-12-19(29)24-17-9-7-16(23)8-10-17/h4-10H,11-13H2,1-3H3,(H,24,29)(H,25,30). The van der Waals surface area contributed by atoms with Crippen LogP contribution in [0.2, 0.25) is 0 Å². The molecule has 0 aliphatic heterocycles. The van der Waals surface area contributed by atoms with E-state index in [-0.39, 0.29) is 29.8 Å². The lowest BCUT2D eigenvalue weighted by atomic mass is 10.1. The van der Waals surface area contributed by atoms with Crippen molar-refractivity contribution in [3.8, 4) is 0 Å². The maximum atomic E-state index is 12.9. The second-order valence-corrected chi connectivity index (χ2v) is 8.06. The van der Waals surface area contributed by atoms with E-state index in [9.17, 15) is 14.0 Å². The quantitative estimate of drug-likeness (QED) is 0.518. The third-order valence-corrected chi connectivity index (χ3v) is 5.73. The molecule has 0 atom stereocenters. The first kappa shape index (κ1) is 22.5. The number of thioether (sulfide) groups is 1. The molecule has 162 valence electrons. The van der Waals surface area contributed by atoms with Gasteiger partial charge in [0.2, 0.25) is 11.8 Å². The summed E-state index contributed by atoms with van der Waals surface area (Å²) in [5.41, 5.74) is 3.39. The molecule has 0 saturated heterocycles. The zero-order valence-electron chi connectivity index (χ0n) is 17.6. The second kappa shape index (κ2) is 10.2. The Hall–Kier alpha value is -3.20. The van der Waals surface area contributed by atoms with Crippen molar-refractivity contribution >= 4 is 35.0 Å². The van der Waals surface area contributed by atoms with Gasteiger partial charge >= 0.3 is 0 Å². The minimum absolute atomic E-state index is 0.120. The maximum absolute atomic E-state index is 12.9. The molecule has 0 fully saturated rings. The predicted octanol–water partition coefficient (Wildman–Crippen LogP) is 3.87. The van der Waals surface area contributed by atoms with Crippen LogP contribution in [0.4, 0.5) is 15.8 Å². The first-order chi connectivity index (χ1) is 14.8. The zero-order chi connectivity index (χ0) is 22.4. The van der Waals surface area contributed by atoms with E-state index >= 15 is 0 Å². The fraction of sp³-hybridized carbons (Fsp3) is 0.273. The summed E-state index contributed by atoms with van der Waals surface area (Å²) in [6.45, 7) is 3.91. The van der Waals surface area contributed by atoms with Gasteiger partial charge in [0, 0.05) is 31.3 Å². The number of halogens is 1. The van der Waals surface area contributed by atoms with E-state index in [0.29, 0.717) is 23.1 Å². The average molecular weight is 442 g/mol. The summed E-state index contributed by atoms with van der Waals surface area (Å²) in [7, 11) is 1.80. The third kappa shape index (κ3) is 6.14. The molecule has 0 unspecified atom stereocenters. The van der Waals surface area contributed by atoms with Crippen molar-refractivity contribution in [2.75, 3.05) is 16.4 Å². The van der Waals surface area contributed by atoms with Gasteiger partial charge in [-0.15, -0.1) is 10.2 Å². The summed E-state index contributed by atoms with van der Waals surface area (Å²) >= 11 is 1.29. The molecule has 0 aliphatic rings. The van der Waals surface area contributed by atoms with Gasteiger partial charge in [-0.3, -0.25) is 9.59 Å². The topological polar surface area (TPSA) is 88.9 Å². The molecule has 3 rings (SSSR count). The molecular weight excluding hydrogens is 417 g/mol. The Balaban J connectivity index is 1.50. The lowest BCUT2D eigenvalue weighted by molar-refractivity contribution is -0.116. The van der Waals surface area contributed by atoms with Gasteiger partial charge in [0.1, 0.15) is 11.6 Å². The molecule has 0 bridgehead atoms. The fourth-order valence-corrected chi connectivity index (χ4v) is 3.72. The normalized spacial score (nSPS) is 10.7. The van der Waals surface area contributed by atoms with E-state index in [1.807, 2.05) is 32.0 Å². The number of benzene rings is 2. The number of amides is 2. The fourth-order valence-electron chi connectivity index (χ4n) is 2.99. The van der Waals surface area contributed by atoms with Crippen molar-refractivity contribution in [2.24, 2.45) is 7.05 Å². The summed E-state index contributed by atoms with van der Waals surface area (Å²) in [4.78, 5) is 24.5. The number of para-hydroxylation sites is 1. The van der Waals surface area contributed by atoms with Crippen LogP contribution in [0.1, 0.15) is 23.4 Å².